The lowest BCUT2D eigenvalue weighted by Crippen LogP contribution is -2.44. The molecule has 0 aromatic heterocycles. The van der Waals surface area contributed by atoms with Gasteiger partial charge in [0, 0.05) is 19.5 Å². The number of likely N-dealkylation sites (tertiary alicyclic amines) is 1. The van der Waals surface area contributed by atoms with Crippen molar-refractivity contribution in [2.24, 2.45) is 0 Å². The molecule has 6 heteroatoms. The van der Waals surface area contributed by atoms with Crippen molar-refractivity contribution in [3.63, 3.8) is 0 Å². The largest absolute Gasteiger partial charge is 0.480 e. The van der Waals surface area contributed by atoms with Gasteiger partial charge in [-0.2, -0.15) is 0 Å². The number of nitrogens with one attached hydrogen (secondary N) is 1. The minimum absolute atomic E-state index is 0.0581. The average Bonchev–Trinajstić information content (AvgIpc) is 2.61. The lowest BCUT2D eigenvalue weighted by molar-refractivity contribution is -0.147. The lowest BCUT2D eigenvalue weighted by atomic mass is 10.2. The molecule has 1 heterocycles. The number of amides is 1. The number of carboxylic acids is 1. The molecule has 2 unspecified atom stereocenters. The summed E-state index contributed by atoms with van der Waals surface area (Å²) in [5, 5.41) is 21.0. The summed E-state index contributed by atoms with van der Waals surface area (Å²) in [5.74, 6) is -1.39. The van der Waals surface area contributed by atoms with Crippen molar-refractivity contribution in [2.45, 2.75) is 18.6 Å². The highest BCUT2D eigenvalue weighted by Crippen LogP contribution is 2.17. The van der Waals surface area contributed by atoms with Crippen LogP contribution in [-0.4, -0.2) is 58.8 Å². The first kappa shape index (κ1) is 12.7. The summed E-state index contributed by atoms with van der Waals surface area (Å²) in [5.41, 5.74) is 0. The summed E-state index contributed by atoms with van der Waals surface area (Å²) in [7, 11) is 0. The molecule has 1 fully saturated rings. The van der Waals surface area contributed by atoms with Gasteiger partial charge in [-0.1, -0.05) is 6.08 Å². The van der Waals surface area contributed by atoms with Crippen molar-refractivity contribution < 1.29 is 19.8 Å². The first-order valence-corrected chi connectivity index (χ1v) is 5.08. The Morgan fingerprint density at radius 3 is 2.81 bits per heavy atom. The van der Waals surface area contributed by atoms with Gasteiger partial charge in [-0.15, -0.1) is 6.58 Å². The van der Waals surface area contributed by atoms with E-state index in [4.69, 9.17) is 5.11 Å². The molecule has 1 aliphatic rings. The van der Waals surface area contributed by atoms with Crippen molar-refractivity contribution in [3.05, 3.63) is 12.7 Å². The highest BCUT2D eigenvalue weighted by molar-refractivity contribution is 5.85. The maximum absolute atomic E-state index is 11.6. The molecule has 0 saturated carbocycles. The smallest absolute Gasteiger partial charge is 0.326 e. The van der Waals surface area contributed by atoms with E-state index in [-0.39, 0.29) is 25.4 Å². The molecule has 1 rings (SSSR count). The number of β-amino-alcohol motifs (C(OH)–C–C–N with tert-alkyl or cyclic N) is 1. The lowest BCUT2D eigenvalue weighted by Gasteiger charge is -2.21. The van der Waals surface area contributed by atoms with Gasteiger partial charge in [0.15, 0.2) is 0 Å². The summed E-state index contributed by atoms with van der Waals surface area (Å²) >= 11 is 0. The Bertz CT molecular complexity index is 293. The maximum Gasteiger partial charge on any atom is 0.326 e. The molecule has 0 spiro atoms. The van der Waals surface area contributed by atoms with Gasteiger partial charge in [0.25, 0.3) is 0 Å². The van der Waals surface area contributed by atoms with Crippen molar-refractivity contribution >= 4 is 11.9 Å². The molecule has 1 amide bonds. The number of carbonyl (C=O) groups is 2. The number of aliphatic hydroxyl groups is 1. The molecule has 0 aromatic carbocycles. The minimum atomic E-state index is -1.08. The van der Waals surface area contributed by atoms with Crippen LogP contribution in [-0.2, 0) is 9.59 Å². The molecule has 0 bridgehead atoms. The predicted octanol–water partition coefficient (Wildman–Crippen LogP) is -1.19. The van der Waals surface area contributed by atoms with Crippen LogP contribution in [0.2, 0.25) is 0 Å². The van der Waals surface area contributed by atoms with E-state index in [9.17, 15) is 14.7 Å². The molecular formula is C10H16N2O4. The second-order valence-corrected chi connectivity index (χ2v) is 3.71. The summed E-state index contributed by atoms with van der Waals surface area (Å²) < 4.78 is 0. The second kappa shape index (κ2) is 5.62. The third-order valence-corrected chi connectivity index (χ3v) is 2.45. The molecular weight excluding hydrogens is 212 g/mol. The molecule has 0 radical (unpaired) electrons. The van der Waals surface area contributed by atoms with Crippen LogP contribution < -0.4 is 5.32 Å². The van der Waals surface area contributed by atoms with Crippen LogP contribution in [0.1, 0.15) is 6.42 Å². The Labute approximate surface area is 93.5 Å². The van der Waals surface area contributed by atoms with E-state index in [0.29, 0.717) is 6.54 Å². The van der Waals surface area contributed by atoms with Gasteiger partial charge in [-0.05, 0) is 0 Å². The van der Waals surface area contributed by atoms with Gasteiger partial charge in [-0.3, -0.25) is 4.79 Å². The number of nitrogens with zero attached hydrogens (tertiary/aromatic N) is 1. The van der Waals surface area contributed by atoms with Gasteiger partial charge in [0.1, 0.15) is 6.04 Å². The third-order valence-electron chi connectivity index (χ3n) is 2.45. The van der Waals surface area contributed by atoms with E-state index in [1.54, 1.807) is 6.08 Å². The predicted molar refractivity (Wildman–Crippen MR) is 56.8 cm³/mol. The van der Waals surface area contributed by atoms with Crippen LogP contribution in [0.3, 0.4) is 0 Å². The zero-order valence-electron chi connectivity index (χ0n) is 8.93. The number of carboxylic acid groups (broad SMARTS) is 1. The Morgan fingerprint density at radius 1 is 1.56 bits per heavy atom. The first-order chi connectivity index (χ1) is 7.56. The number of rotatable bonds is 5. The molecule has 3 N–H and O–H groups in total. The number of aliphatic hydroxyl groups excluding tert-OH is 1. The Hall–Kier alpha value is -1.40. The molecule has 1 saturated heterocycles. The van der Waals surface area contributed by atoms with E-state index in [0.717, 1.165) is 0 Å². The third kappa shape index (κ3) is 3.04. The second-order valence-electron chi connectivity index (χ2n) is 3.71. The number of hydrogen-bond acceptors (Lipinski definition) is 4. The molecule has 0 aliphatic carbocycles. The van der Waals surface area contributed by atoms with E-state index in [2.05, 4.69) is 11.9 Å². The Kier molecular flexibility index (Phi) is 4.45. The maximum atomic E-state index is 11.6. The van der Waals surface area contributed by atoms with Crippen molar-refractivity contribution in [3.8, 4) is 0 Å². The van der Waals surface area contributed by atoms with E-state index in [1.807, 2.05) is 0 Å². The van der Waals surface area contributed by atoms with Crippen LogP contribution >= 0.6 is 0 Å². The Balaban J connectivity index is 2.53. The highest BCUT2D eigenvalue weighted by Gasteiger charge is 2.38. The van der Waals surface area contributed by atoms with Gasteiger partial charge in [0.05, 0.1) is 12.6 Å². The minimum Gasteiger partial charge on any atom is -0.480 e. The molecule has 6 nitrogen and oxygen atoms in total. The van der Waals surface area contributed by atoms with Crippen LogP contribution in [0.4, 0.5) is 0 Å². The van der Waals surface area contributed by atoms with E-state index >= 15 is 0 Å². The molecule has 1 aliphatic heterocycles. The standard InChI is InChI=1S/C10H16N2O4/c1-2-3-11-5-9(14)12-6-7(13)4-8(12)10(15)16/h2,7-8,11,13H,1,3-6H2,(H,15,16). The molecule has 0 aromatic rings. The van der Waals surface area contributed by atoms with Gasteiger partial charge in [0.2, 0.25) is 5.91 Å². The summed E-state index contributed by atoms with van der Waals surface area (Å²) in [6.45, 7) is 4.12. The van der Waals surface area contributed by atoms with Crippen LogP contribution in [0.5, 0.6) is 0 Å². The zero-order chi connectivity index (χ0) is 12.1. The molecule has 16 heavy (non-hydrogen) atoms. The fourth-order valence-electron chi connectivity index (χ4n) is 1.71. The van der Waals surface area contributed by atoms with Gasteiger partial charge < -0.3 is 20.4 Å². The fraction of sp³-hybridized carbons (Fsp3) is 0.600. The fourth-order valence-corrected chi connectivity index (χ4v) is 1.71. The number of aliphatic carboxylic acids is 1. The SMILES string of the molecule is C=CCNCC(=O)N1CC(O)CC1C(=O)O. The summed E-state index contributed by atoms with van der Waals surface area (Å²) in [6.07, 6.45) is 0.966. The quantitative estimate of drug-likeness (QED) is 0.406. The highest BCUT2D eigenvalue weighted by atomic mass is 16.4. The summed E-state index contributed by atoms with van der Waals surface area (Å²) in [6, 6.07) is -0.909. The summed E-state index contributed by atoms with van der Waals surface area (Å²) in [4.78, 5) is 23.7. The van der Waals surface area contributed by atoms with E-state index < -0.39 is 18.1 Å². The zero-order valence-corrected chi connectivity index (χ0v) is 8.93. The normalized spacial score (nSPS) is 24.4. The first-order valence-electron chi connectivity index (χ1n) is 5.08. The van der Waals surface area contributed by atoms with Crippen LogP contribution in [0.25, 0.3) is 0 Å². The van der Waals surface area contributed by atoms with Crippen molar-refractivity contribution in [1.82, 2.24) is 10.2 Å². The van der Waals surface area contributed by atoms with E-state index in [1.165, 1.54) is 4.90 Å². The van der Waals surface area contributed by atoms with Gasteiger partial charge >= 0.3 is 5.97 Å². The van der Waals surface area contributed by atoms with Crippen LogP contribution in [0, 0.1) is 0 Å². The average molecular weight is 228 g/mol. The van der Waals surface area contributed by atoms with Gasteiger partial charge in [-0.25, -0.2) is 4.79 Å². The van der Waals surface area contributed by atoms with Crippen molar-refractivity contribution in [2.75, 3.05) is 19.6 Å². The van der Waals surface area contributed by atoms with Crippen LogP contribution in [0.15, 0.2) is 12.7 Å². The number of hydrogen-bond donors (Lipinski definition) is 3. The topological polar surface area (TPSA) is 89.9 Å². The van der Waals surface area contributed by atoms with Crippen molar-refractivity contribution in [1.29, 1.82) is 0 Å². The number of carbonyl (C=O) groups excluding carboxylic acids is 1. The molecule has 2 atom stereocenters. The Morgan fingerprint density at radius 2 is 2.25 bits per heavy atom. The monoisotopic (exact) mass is 228 g/mol. The molecule has 90 valence electrons.